The number of thiocarbonyl (C=S) groups is 1. The van der Waals surface area contributed by atoms with Gasteiger partial charge in [-0.2, -0.15) is 0 Å². The van der Waals surface area contributed by atoms with Crippen LogP contribution in [0, 0.1) is 0 Å². The van der Waals surface area contributed by atoms with Gasteiger partial charge in [-0.15, -0.1) is 0 Å². The molecule has 0 aliphatic carbocycles. The van der Waals surface area contributed by atoms with E-state index in [-0.39, 0.29) is 11.1 Å². The molecule has 6 nitrogen and oxygen atoms in total. The number of anilines is 2. The van der Waals surface area contributed by atoms with Gasteiger partial charge in [0.25, 0.3) is 0 Å². The van der Waals surface area contributed by atoms with Crippen molar-refractivity contribution in [3.63, 3.8) is 0 Å². The average Bonchev–Trinajstić information content (AvgIpc) is 3.11. The maximum Gasteiger partial charge on any atom is 0.324 e. The number of rotatable bonds is 11. The molecule has 1 heterocycles. The number of halogens is 1. The Morgan fingerprint density at radius 2 is 1.81 bits per heavy atom. The number of nitrogens with one attached hydrogen (secondary N) is 1. The van der Waals surface area contributed by atoms with Crippen LogP contribution in [0.4, 0.5) is 16.2 Å². The summed E-state index contributed by atoms with van der Waals surface area (Å²) in [6.07, 6.45) is 5.37. The fourth-order valence-corrected chi connectivity index (χ4v) is 3.83. The van der Waals surface area contributed by atoms with Gasteiger partial charge >= 0.3 is 6.03 Å². The predicted octanol–water partition coefficient (Wildman–Crippen LogP) is 5.27. The third-order valence-corrected chi connectivity index (χ3v) is 5.53. The molecule has 1 aliphatic rings. The summed E-state index contributed by atoms with van der Waals surface area (Å²) in [7, 11) is 0. The molecule has 1 aliphatic heterocycles. The normalized spacial score (nSPS) is 13.5. The van der Waals surface area contributed by atoms with Crippen molar-refractivity contribution in [1.29, 1.82) is 0 Å². The maximum absolute atomic E-state index is 12.6. The third kappa shape index (κ3) is 7.29. The van der Waals surface area contributed by atoms with Crippen LogP contribution < -0.4 is 20.7 Å². The van der Waals surface area contributed by atoms with E-state index in [1.165, 1.54) is 0 Å². The lowest BCUT2D eigenvalue weighted by Gasteiger charge is -2.18. The molecule has 166 valence electrons. The number of carbonyl (C=O) groups is 1. The second kappa shape index (κ2) is 11.8. The van der Waals surface area contributed by atoms with E-state index in [0.29, 0.717) is 11.6 Å². The summed E-state index contributed by atoms with van der Waals surface area (Å²) in [5.74, 6) is 0.805. The Morgan fingerprint density at radius 3 is 2.58 bits per heavy atom. The first-order chi connectivity index (χ1) is 15.0. The summed E-state index contributed by atoms with van der Waals surface area (Å²) in [6.45, 7) is 2.99. The number of nitrogens with two attached hydrogens (primary N) is 1. The van der Waals surface area contributed by atoms with Crippen LogP contribution in [0.1, 0.15) is 32.1 Å². The van der Waals surface area contributed by atoms with E-state index in [0.717, 1.165) is 68.9 Å². The highest BCUT2D eigenvalue weighted by atomic mass is 35.5. The van der Waals surface area contributed by atoms with Gasteiger partial charge in [0.1, 0.15) is 5.75 Å². The second-order valence-electron chi connectivity index (χ2n) is 7.53. The summed E-state index contributed by atoms with van der Waals surface area (Å²) in [5.41, 5.74) is 7.23. The summed E-state index contributed by atoms with van der Waals surface area (Å²) >= 11 is 10.8. The number of hydrogen-bond acceptors (Lipinski definition) is 3. The van der Waals surface area contributed by atoms with Gasteiger partial charge in [-0.05, 0) is 61.5 Å². The van der Waals surface area contributed by atoms with Gasteiger partial charge in [0.2, 0.25) is 0 Å². The Labute approximate surface area is 194 Å². The number of carbonyl (C=O) groups excluding carboxylic acids is 1. The number of benzene rings is 2. The van der Waals surface area contributed by atoms with Gasteiger partial charge in [0.15, 0.2) is 5.11 Å². The van der Waals surface area contributed by atoms with Crippen molar-refractivity contribution < 1.29 is 9.53 Å². The zero-order valence-corrected chi connectivity index (χ0v) is 19.1. The van der Waals surface area contributed by atoms with Crippen LogP contribution in [-0.4, -0.2) is 42.3 Å². The van der Waals surface area contributed by atoms with Gasteiger partial charge in [-0.25, -0.2) is 4.79 Å². The second-order valence-corrected chi connectivity index (χ2v) is 8.41. The average molecular weight is 461 g/mol. The molecule has 2 amide bonds. The highest BCUT2D eigenvalue weighted by Gasteiger charge is 2.28. The predicted molar refractivity (Wildman–Crippen MR) is 131 cm³/mol. The minimum Gasteiger partial charge on any atom is -0.494 e. The van der Waals surface area contributed by atoms with Crippen molar-refractivity contribution in [3.8, 4) is 5.75 Å². The number of ether oxygens (including phenoxy) is 1. The van der Waals surface area contributed by atoms with E-state index in [1.807, 2.05) is 58.3 Å². The highest BCUT2D eigenvalue weighted by Crippen LogP contribution is 2.23. The minimum absolute atomic E-state index is 0.0860. The Bertz CT molecular complexity index is 878. The number of nitrogens with zero attached hydrogens (tertiary/aromatic N) is 2. The van der Waals surface area contributed by atoms with Gasteiger partial charge in [0.05, 0.1) is 6.61 Å². The molecule has 2 aromatic carbocycles. The minimum atomic E-state index is 0.0860. The van der Waals surface area contributed by atoms with Crippen LogP contribution in [-0.2, 0) is 0 Å². The molecule has 0 unspecified atom stereocenters. The van der Waals surface area contributed by atoms with Crippen molar-refractivity contribution in [2.75, 3.05) is 36.5 Å². The van der Waals surface area contributed by atoms with E-state index in [4.69, 9.17) is 34.3 Å². The molecule has 0 spiro atoms. The monoisotopic (exact) mass is 460 g/mol. The molecule has 0 bridgehead atoms. The zero-order valence-electron chi connectivity index (χ0n) is 17.6. The fraction of sp³-hybridized carbons (Fsp3) is 0.391. The zero-order chi connectivity index (χ0) is 22.1. The molecule has 1 fully saturated rings. The van der Waals surface area contributed by atoms with Crippen LogP contribution in [0.3, 0.4) is 0 Å². The molecule has 31 heavy (non-hydrogen) atoms. The smallest absolute Gasteiger partial charge is 0.324 e. The van der Waals surface area contributed by atoms with E-state index in [9.17, 15) is 4.79 Å². The Balaban J connectivity index is 1.26. The van der Waals surface area contributed by atoms with Crippen molar-refractivity contribution in [3.05, 3.63) is 53.6 Å². The summed E-state index contributed by atoms with van der Waals surface area (Å²) in [6, 6.07) is 15.1. The van der Waals surface area contributed by atoms with Crippen molar-refractivity contribution in [1.82, 2.24) is 4.90 Å². The Hall–Kier alpha value is -2.51. The maximum atomic E-state index is 12.6. The molecule has 2 aromatic rings. The first-order valence-electron chi connectivity index (χ1n) is 10.6. The fourth-order valence-electron chi connectivity index (χ4n) is 3.58. The molecule has 0 aromatic heterocycles. The van der Waals surface area contributed by atoms with E-state index in [1.54, 1.807) is 0 Å². The van der Waals surface area contributed by atoms with Crippen molar-refractivity contribution >= 4 is 46.3 Å². The van der Waals surface area contributed by atoms with E-state index in [2.05, 4.69) is 5.32 Å². The van der Waals surface area contributed by atoms with Crippen LogP contribution in [0.25, 0.3) is 0 Å². The first kappa shape index (κ1) is 23.2. The molecular formula is C23H29ClN4O2S. The SMILES string of the molecule is NC(=S)Nc1cccc(OCCCCCCCN2CCN(c3ccc(Cl)cc3)C2=O)c1. The summed E-state index contributed by atoms with van der Waals surface area (Å²) in [4.78, 5) is 16.4. The van der Waals surface area contributed by atoms with Gasteiger partial charge < -0.3 is 20.7 Å². The molecule has 3 N–H and O–H groups in total. The molecule has 3 rings (SSSR count). The molecule has 0 saturated carbocycles. The largest absolute Gasteiger partial charge is 0.494 e. The third-order valence-electron chi connectivity index (χ3n) is 5.18. The Kier molecular flexibility index (Phi) is 8.79. The Morgan fingerprint density at radius 1 is 1.06 bits per heavy atom. The molecule has 8 heteroatoms. The first-order valence-corrected chi connectivity index (χ1v) is 11.4. The lowest BCUT2D eigenvalue weighted by molar-refractivity contribution is 0.219. The van der Waals surface area contributed by atoms with Crippen LogP contribution in [0.5, 0.6) is 5.75 Å². The quantitative estimate of drug-likeness (QED) is 0.353. The number of hydrogen-bond donors (Lipinski definition) is 2. The summed E-state index contributed by atoms with van der Waals surface area (Å²) in [5, 5.41) is 3.82. The molecule has 1 saturated heterocycles. The lowest BCUT2D eigenvalue weighted by Crippen LogP contribution is -2.32. The van der Waals surface area contributed by atoms with Crippen LogP contribution in [0.15, 0.2) is 48.5 Å². The molecular weight excluding hydrogens is 432 g/mol. The van der Waals surface area contributed by atoms with Gasteiger partial charge in [-0.3, -0.25) is 4.90 Å². The van der Waals surface area contributed by atoms with Crippen molar-refractivity contribution in [2.24, 2.45) is 5.73 Å². The van der Waals surface area contributed by atoms with Crippen molar-refractivity contribution in [2.45, 2.75) is 32.1 Å². The standard InChI is InChI=1S/C23H29ClN4O2S/c24-18-9-11-20(12-10-18)28-15-14-27(23(28)29)13-4-2-1-3-5-16-30-21-8-6-7-19(17-21)26-22(25)31/h6-12,17H,1-5,13-16H2,(H3,25,26,31). The number of unbranched alkanes of at least 4 members (excludes halogenated alkanes) is 4. The number of urea groups is 1. The molecule has 0 radical (unpaired) electrons. The van der Waals surface area contributed by atoms with E-state index < -0.39 is 0 Å². The van der Waals surface area contributed by atoms with E-state index >= 15 is 0 Å². The topological polar surface area (TPSA) is 70.8 Å². The van der Waals surface area contributed by atoms with Gasteiger partial charge in [0, 0.05) is 42.1 Å². The highest BCUT2D eigenvalue weighted by molar-refractivity contribution is 7.80. The lowest BCUT2D eigenvalue weighted by atomic mass is 10.1. The van der Waals surface area contributed by atoms with Crippen LogP contribution in [0.2, 0.25) is 5.02 Å². The number of amides is 2. The molecule has 0 atom stereocenters. The summed E-state index contributed by atoms with van der Waals surface area (Å²) < 4.78 is 5.80. The van der Waals surface area contributed by atoms with Gasteiger partial charge in [-0.1, -0.05) is 36.9 Å². The van der Waals surface area contributed by atoms with Crippen LogP contribution >= 0.6 is 23.8 Å².